The third-order valence-electron chi connectivity index (χ3n) is 2.54. The van der Waals surface area contributed by atoms with Crippen LogP contribution in [0.5, 0.6) is 11.6 Å². The summed E-state index contributed by atoms with van der Waals surface area (Å²) in [4.78, 5) is 8.00. The average Bonchev–Trinajstić information content (AvgIpc) is 2.47. The lowest BCUT2D eigenvalue weighted by atomic mass is 10.2. The van der Waals surface area contributed by atoms with Crippen molar-refractivity contribution in [2.75, 3.05) is 0 Å². The van der Waals surface area contributed by atoms with Gasteiger partial charge in [0.1, 0.15) is 11.4 Å². The molecule has 0 saturated heterocycles. The van der Waals surface area contributed by atoms with Crippen LogP contribution in [0.4, 0.5) is 0 Å². The highest BCUT2D eigenvalue weighted by Crippen LogP contribution is 2.19. The fourth-order valence-electron chi connectivity index (χ4n) is 1.49. The second kappa shape index (κ2) is 5.81. The van der Waals surface area contributed by atoms with Crippen molar-refractivity contribution in [1.82, 2.24) is 9.97 Å². The Morgan fingerprint density at radius 2 is 2.05 bits per heavy atom. The fourth-order valence-corrected chi connectivity index (χ4v) is 1.49. The summed E-state index contributed by atoms with van der Waals surface area (Å²) in [5.74, 6) is 0.829. The van der Waals surface area contributed by atoms with Crippen LogP contribution in [0.2, 0.25) is 0 Å². The number of hydrogen-bond donors (Lipinski definition) is 2. The molecule has 0 fully saturated rings. The number of amidine groups is 1. The number of aryl methyl sites for hydroxylation is 1. The molecule has 19 heavy (non-hydrogen) atoms. The van der Waals surface area contributed by atoms with Crippen molar-refractivity contribution in [2.45, 2.75) is 13.3 Å². The van der Waals surface area contributed by atoms with E-state index in [1.807, 2.05) is 24.3 Å². The summed E-state index contributed by atoms with van der Waals surface area (Å²) in [5.41, 5.74) is 6.92. The van der Waals surface area contributed by atoms with Gasteiger partial charge < -0.3 is 15.7 Å². The van der Waals surface area contributed by atoms with Crippen molar-refractivity contribution < 1.29 is 9.94 Å². The third kappa shape index (κ3) is 3.19. The number of rotatable bonds is 4. The number of nitrogens with two attached hydrogens (primary N) is 1. The van der Waals surface area contributed by atoms with Crippen molar-refractivity contribution in [3.63, 3.8) is 0 Å². The molecule has 1 aromatic heterocycles. The van der Waals surface area contributed by atoms with Crippen molar-refractivity contribution >= 4 is 5.84 Å². The van der Waals surface area contributed by atoms with Crippen LogP contribution >= 0.6 is 0 Å². The van der Waals surface area contributed by atoms with Crippen molar-refractivity contribution in [1.29, 1.82) is 0 Å². The zero-order valence-electron chi connectivity index (χ0n) is 10.4. The number of aromatic nitrogens is 2. The Hall–Kier alpha value is -2.63. The van der Waals surface area contributed by atoms with E-state index in [-0.39, 0.29) is 17.4 Å². The molecule has 2 aromatic rings. The van der Waals surface area contributed by atoms with E-state index in [1.54, 1.807) is 0 Å². The normalized spacial score (nSPS) is 11.3. The summed E-state index contributed by atoms with van der Waals surface area (Å²) in [7, 11) is 0. The molecule has 0 radical (unpaired) electrons. The summed E-state index contributed by atoms with van der Waals surface area (Å²) in [6, 6.07) is 7.68. The number of hydrogen-bond acceptors (Lipinski definition) is 5. The lowest BCUT2D eigenvalue weighted by molar-refractivity contribution is 0.318. The molecule has 3 N–H and O–H groups in total. The Morgan fingerprint density at radius 3 is 2.68 bits per heavy atom. The van der Waals surface area contributed by atoms with Crippen LogP contribution in [0.25, 0.3) is 0 Å². The first-order chi connectivity index (χ1) is 9.22. The lowest BCUT2D eigenvalue weighted by Crippen LogP contribution is -2.15. The molecule has 6 heteroatoms. The smallest absolute Gasteiger partial charge is 0.238 e. The first-order valence-electron chi connectivity index (χ1n) is 5.79. The quantitative estimate of drug-likeness (QED) is 0.378. The minimum atomic E-state index is -0.112. The van der Waals surface area contributed by atoms with E-state index in [4.69, 9.17) is 15.7 Å². The molecule has 1 aromatic carbocycles. The molecule has 0 atom stereocenters. The lowest BCUT2D eigenvalue weighted by Gasteiger charge is -2.06. The van der Waals surface area contributed by atoms with E-state index in [0.717, 1.165) is 6.42 Å². The van der Waals surface area contributed by atoms with Gasteiger partial charge in [-0.05, 0) is 24.1 Å². The minimum absolute atomic E-state index is 0.112. The van der Waals surface area contributed by atoms with E-state index in [1.165, 1.54) is 18.0 Å². The van der Waals surface area contributed by atoms with Gasteiger partial charge in [0, 0.05) is 0 Å². The first-order valence-corrected chi connectivity index (χ1v) is 5.79. The highest BCUT2D eigenvalue weighted by atomic mass is 16.5. The second-order valence-electron chi connectivity index (χ2n) is 3.83. The van der Waals surface area contributed by atoms with E-state index in [9.17, 15) is 0 Å². The molecule has 0 aliphatic carbocycles. The molecular formula is C13H14N4O2. The number of nitrogens with zero attached hydrogens (tertiary/aromatic N) is 3. The Balaban J connectivity index is 2.18. The molecule has 0 bridgehead atoms. The third-order valence-corrected chi connectivity index (χ3v) is 2.54. The van der Waals surface area contributed by atoms with Crippen LogP contribution < -0.4 is 10.5 Å². The number of ether oxygens (including phenoxy) is 1. The van der Waals surface area contributed by atoms with Gasteiger partial charge in [-0.2, -0.15) is 0 Å². The van der Waals surface area contributed by atoms with E-state index >= 15 is 0 Å². The Labute approximate surface area is 110 Å². The Kier molecular flexibility index (Phi) is 3.92. The summed E-state index contributed by atoms with van der Waals surface area (Å²) in [5, 5.41) is 11.4. The van der Waals surface area contributed by atoms with Crippen molar-refractivity contribution in [2.24, 2.45) is 10.9 Å². The Morgan fingerprint density at radius 1 is 1.32 bits per heavy atom. The average molecular weight is 258 g/mol. The van der Waals surface area contributed by atoms with Gasteiger partial charge in [-0.1, -0.05) is 24.2 Å². The zero-order valence-corrected chi connectivity index (χ0v) is 10.4. The topological polar surface area (TPSA) is 93.6 Å². The van der Waals surface area contributed by atoms with E-state index in [0.29, 0.717) is 5.75 Å². The molecular weight excluding hydrogens is 244 g/mol. The van der Waals surface area contributed by atoms with Crippen molar-refractivity contribution in [3.05, 3.63) is 47.9 Å². The second-order valence-corrected chi connectivity index (χ2v) is 3.83. The summed E-state index contributed by atoms with van der Waals surface area (Å²) in [6.45, 7) is 2.09. The van der Waals surface area contributed by atoms with Crippen LogP contribution in [-0.2, 0) is 6.42 Å². The standard InChI is InChI=1S/C13H14N4O2/c1-2-9-3-5-10(6-4-9)19-12-8-15-7-11(16-12)13(14)17-18/h3-8,18H,2H2,1H3,(H2,14,17). The van der Waals surface area contributed by atoms with Gasteiger partial charge in [0.2, 0.25) is 5.88 Å². The van der Waals surface area contributed by atoms with Gasteiger partial charge in [-0.15, -0.1) is 0 Å². The predicted octanol–water partition coefficient (Wildman–Crippen LogP) is 1.93. The molecule has 0 amide bonds. The molecule has 0 aliphatic heterocycles. The monoisotopic (exact) mass is 258 g/mol. The van der Waals surface area contributed by atoms with Gasteiger partial charge in [0.05, 0.1) is 12.4 Å². The molecule has 1 heterocycles. The maximum atomic E-state index is 8.58. The number of benzene rings is 1. The summed E-state index contributed by atoms with van der Waals surface area (Å²) >= 11 is 0. The first kappa shape index (κ1) is 12.8. The molecule has 0 unspecified atom stereocenters. The van der Waals surface area contributed by atoms with Gasteiger partial charge in [-0.25, -0.2) is 4.98 Å². The van der Waals surface area contributed by atoms with E-state index < -0.39 is 0 Å². The molecule has 0 spiro atoms. The van der Waals surface area contributed by atoms with Gasteiger partial charge >= 0.3 is 0 Å². The van der Waals surface area contributed by atoms with Crippen molar-refractivity contribution in [3.8, 4) is 11.6 Å². The highest BCUT2D eigenvalue weighted by Gasteiger charge is 2.05. The fraction of sp³-hybridized carbons (Fsp3) is 0.154. The molecule has 0 saturated carbocycles. The Bertz CT molecular complexity index is 581. The largest absolute Gasteiger partial charge is 0.437 e. The van der Waals surface area contributed by atoms with E-state index in [2.05, 4.69) is 22.0 Å². The van der Waals surface area contributed by atoms with Gasteiger partial charge in [0.15, 0.2) is 5.84 Å². The van der Waals surface area contributed by atoms with Gasteiger partial charge in [-0.3, -0.25) is 4.98 Å². The molecule has 2 rings (SSSR count). The molecule has 6 nitrogen and oxygen atoms in total. The summed E-state index contributed by atoms with van der Waals surface area (Å²) < 4.78 is 5.55. The zero-order chi connectivity index (χ0) is 13.7. The maximum absolute atomic E-state index is 8.58. The SMILES string of the molecule is CCc1ccc(Oc2cncc(/C(N)=N/O)n2)cc1. The highest BCUT2D eigenvalue weighted by molar-refractivity contribution is 5.94. The predicted molar refractivity (Wildman–Crippen MR) is 70.4 cm³/mol. The van der Waals surface area contributed by atoms with Crippen LogP contribution in [0.1, 0.15) is 18.2 Å². The number of oxime groups is 1. The maximum Gasteiger partial charge on any atom is 0.238 e. The minimum Gasteiger partial charge on any atom is -0.437 e. The van der Waals surface area contributed by atoms with Crippen LogP contribution in [0.15, 0.2) is 41.8 Å². The summed E-state index contributed by atoms with van der Waals surface area (Å²) in [6.07, 6.45) is 3.82. The van der Waals surface area contributed by atoms with Gasteiger partial charge in [0.25, 0.3) is 0 Å². The molecule has 98 valence electrons. The van der Waals surface area contributed by atoms with Crippen LogP contribution in [-0.4, -0.2) is 21.0 Å². The van der Waals surface area contributed by atoms with Crippen LogP contribution in [0, 0.1) is 0 Å². The molecule has 0 aliphatic rings. The van der Waals surface area contributed by atoms with Crippen LogP contribution in [0.3, 0.4) is 0 Å².